The first-order valence-corrected chi connectivity index (χ1v) is 5.27. The van der Waals surface area contributed by atoms with E-state index in [0.717, 1.165) is 0 Å². The summed E-state index contributed by atoms with van der Waals surface area (Å²) in [5.74, 6) is -1.17. The van der Waals surface area contributed by atoms with E-state index >= 15 is 0 Å². The summed E-state index contributed by atoms with van der Waals surface area (Å²) in [5, 5.41) is 11.2. The highest BCUT2D eigenvalue weighted by molar-refractivity contribution is 9.10. The standard InChI is InChI=1S/C10H9BrN2O4/c1-2-3-17-10(16)13-7-5-12-8(11)4-6(7)9(14)15/h2,4-5H,1,3H2,(H,13,16)(H,14,15). The summed E-state index contributed by atoms with van der Waals surface area (Å²) in [4.78, 5) is 25.9. The zero-order chi connectivity index (χ0) is 12.8. The highest BCUT2D eigenvalue weighted by Gasteiger charge is 2.14. The van der Waals surface area contributed by atoms with E-state index in [1.807, 2.05) is 0 Å². The largest absolute Gasteiger partial charge is 0.478 e. The molecule has 1 aromatic heterocycles. The summed E-state index contributed by atoms with van der Waals surface area (Å²) < 4.78 is 5.02. The molecular formula is C10H9BrN2O4. The number of rotatable bonds is 4. The van der Waals surface area contributed by atoms with E-state index in [1.165, 1.54) is 18.3 Å². The van der Waals surface area contributed by atoms with Gasteiger partial charge in [0, 0.05) is 0 Å². The lowest BCUT2D eigenvalue weighted by Crippen LogP contribution is -2.16. The predicted octanol–water partition coefficient (Wildman–Crippen LogP) is 2.28. The first-order chi connectivity index (χ1) is 8.04. The molecule has 0 aliphatic carbocycles. The van der Waals surface area contributed by atoms with Gasteiger partial charge in [0.1, 0.15) is 11.2 Å². The van der Waals surface area contributed by atoms with Gasteiger partial charge in [-0.25, -0.2) is 14.6 Å². The summed E-state index contributed by atoms with van der Waals surface area (Å²) in [6.45, 7) is 3.42. The van der Waals surface area contributed by atoms with E-state index in [2.05, 4.69) is 37.5 Å². The van der Waals surface area contributed by atoms with E-state index in [4.69, 9.17) is 5.11 Å². The van der Waals surface area contributed by atoms with Crippen molar-refractivity contribution in [2.75, 3.05) is 11.9 Å². The van der Waals surface area contributed by atoms with Crippen molar-refractivity contribution in [3.63, 3.8) is 0 Å². The third-order valence-electron chi connectivity index (χ3n) is 1.67. The fourth-order valence-corrected chi connectivity index (χ4v) is 1.32. The second-order valence-corrected chi connectivity index (χ2v) is 3.68. The van der Waals surface area contributed by atoms with E-state index in [0.29, 0.717) is 4.60 Å². The molecule has 0 fully saturated rings. The molecule has 1 heterocycles. The molecule has 0 unspecified atom stereocenters. The van der Waals surface area contributed by atoms with Crippen LogP contribution in [0.4, 0.5) is 10.5 Å². The van der Waals surface area contributed by atoms with Crippen molar-refractivity contribution in [3.8, 4) is 0 Å². The highest BCUT2D eigenvalue weighted by atomic mass is 79.9. The number of aromatic nitrogens is 1. The van der Waals surface area contributed by atoms with Gasteiger partial charge in [0.2, 0.25) is 0 Å². The monoisotopic (exact) mass is 300 g/mol. The average molecular weight is 301 g/mol. The molecule has 0 bridgehead atoms. The number of pyridine rings is 1. The Labute approximate surface area is 105 Å². The van der Waals surface area contributed by atoms with Crippen molar-refractivity contribution >= 4 is 33.7 Å². The molecule has 0 atom stereocenters. The van der Waals surface area contributed by atoms with Gasteiger partial charge < -0.3 is 9.84 Å². The lowest BCUT2D eigenvalue weighted by atomic mass is 10.2. The van der Waals surface area contributed by atoms with Gasteiger partial charge in [0.25, 0.3) is 0 Å². The van der Waals surface area contributed by atoms with Crippen molar-refractivity contribution in [1.82, 2.24) is 4.98 Å². The van der Waals surface area contributed by atoms with Crippen molar-refractivity contribution in [2.24, 2.45) is 0 Å². The quantitative estimate of drug-likeness (QED) is 0.658. The van der Waals surface area contributed by atoms with Crippen LogP contribution in [0.5, 0.6) is 0 Å². The lowest BCUT2D eigenvalue weighted by Gasteiger charge is -2.07. The molecule has 0 saturated heterocycles. The normalized spacial score (nSPS) is 9.47. The molecule has 17 heavy (non-hydrogen) atoms. The number of nitrogens with zero attached hydrogens (tertiary/aromatic N) is 1. The minimum Gasteiger partial charge on any atom is -0.478 e. The number of carboxylic acids is 1. The van der Waals surface area contributed by atoms with Crippen molar-refractivity contribution in [3.05, 3.63) is 35.1 Å². The Morgan fingerprint density at radius 2 is 2.35 bits per heavy atom. The molecule has 0 aromatic carbocycles. The summed E-state index contributed by atoms with van der Waals surface area (Å²) >= 11 is 3.04. The van der Waals surface area contributed by atoms with E-state index in [-0.39, 0.29) is 17.9 Å². The number of ether oxygens (including phenoxy) is 1. The molecule has 2 N–H and O–H groups in total. The van der Waals surface area contributed by atoms with Gasteiger partial charge in [-0.2, -0.15) is 0 Å². The number of carbonyl (C=O) groups is 2. The molecule has 1 amide bonds. The van der Waals surface area contributed by atoms with Gasteiger partial charge in [-0.3, -0.25) is 5.32 Å². The molecule has 90 valence electrons. The number of amides is 1. The first kappa shape index (κ1) is 13.2. The SMILES string of the molecule is C=CCOC(=O)Nc1cnc(Br)cc1C(=O)O. The van der Waals surface area contributed by atoms with E-state index in [1.54, 1.807) is 0 Å². The maximum Gasteiger partial charge on any atom is 0.412 e. The van der Waals surface area contributed by atoms with Crippen molar-refractivity contribution in [1.29, 1.82) is 0 Å². The maximum atomic E-state index is 11.2. The fourth-order valence-electron chi connectivity index (χ4n) is 0.987. The molecule has 7 heteroatoms. The van der Waals surface area contributed by atoms with Crippen molar-refractivity contribution < 1.29 is 19.4 Å². The molecule has 0 radical (unpaired) electrons. The minimum absolute atomic E-state index is 0.0399. The van der Waals surface area contributed by atoms with Crippen molar-refractivity contribution in [2.45, 2.75) is 0 Å². The Hall–Kier alpha value is -1.89. The third-order valence-corrected chi connectivity index (χ3v) is 2.10. The Morgan fingerprint density at radius 3 is 2.94 bits per heavy atom. The number of aromatic carboxylic acids is 1. The smallest absolute Gasteiger partial charge is 0.412 e. The number of hydrogen-bond acceptors (Lipinski definition) is 4. The number of halogens is 1. The second-order valence-electron chi connectivity index (χ2n) is 2.87. The fraction of sp³-hybridized carbons (Fsp3) is 0.100. The second kappa shape index (κ2) is 6.00. The van der Waals surface area contributed by atoms with Gasteiger partial charge in [-0.05, 0) is 22.0 Å². The topological polar surface area (TPSA) is 88.5 Å². The number of nitrogens with one attached hydrogen (secondary N) is 1. The molecule has 6 nitrogen and oxygen atoms in total. The zero-order valence-corrected chi connectivity index (χ0v) is 10.2. The molecule has 0 saturated carbocycles. The van der Waals surface area contributed by atoms with Gasteiger partial charge >= 0.3 is 12.1 Å². The maximum absolute atomic E-state index is 11.2. The summed E-state index contributed by atoms with van der Waals surface area (Å²) in [6, 6.07) is 1.28. The Kier molecular flexibility index (Phi) is 4.65. The first-order valence-electron chi connectivity index (χ1n) is 4.48. The Morgan fingerprint density at radius 1 is 1.65 bits per heavy atom. The van der Waals surface area contributed by atoms with Crippen LogP contribution in [0, 0.1) is 0 Å². The Balaban J connectivity index is 2.86. The highest BCUT2D eigenvalue weighted by Crippen LogP contribution is 2.18. The summed E-state index contributed by atoms with van der Waals surface area (Å²) in [7, 11) is 0. The van der Waals surface area contributed by atoms with Gasteiger partial charge in [0.05, 0.1) is 17.4 Å². The third kappa shape index (κ3) is 3.87. The molecule has 1 aromatic rings. The number of carboxylic acid groups (broad SMARTS) is 1. The van der Waals surface area contributed by atoms with Crippen LogP contribution in [0.1, 0.15) is 10.4 Å². The van der Waals surface area contributed by atoms with Gasteiger partial charge in [-0.15, -0.1) is 0 Å². The minimum atomic E-state index is -1.17. The van der Waals surface area contributed by atoms with E-state index in [9.17, 15) is 9.59 Å². The molecule has 0 aliphatic rings. The molecular weight excluding hydrogens is 292 g/mol. The van der Waals surface area contributed by atoms with Crippen LogP contribution in [-0.4, -0.2) is 28.8 Å². The van der Waals surface area contributed by atoms with Gasteiger partial charge in [0.15, 0.2) is 0 Å². The number of anilines is 1. The molecule has 0 spiro atoms. The van der Waals surface area contributed by atoms with E-state index < -0.39 is 12.1 Å². The zero-order valence-electron chi connectivity index (χ0n) is 8.64. The lowest BCUT2D eigenvalue weighted by molar-refractivity contribution is 0.0698. The van der Waals surface area contributed by atoms with Crippen LogP contribution in [-0.2, 0) is 4.74 Å². The van der Waals surface area contributed by atoms with Crippen LogP contribution in [0.25, 0.3) is 0 Å². The van der Waals surface area contributed by atoms with Crippen LogP contribution >= 0.6 is 15.9 Å². The molecule has 1 rings (SSSR count). The average Bonchev–Trinajstić information content (AvgIpc) is 2.28. The van der Waals surface area contributed by atoms with Crippen LogP contribution in [0.3, 0.4) is 0 Å². The summed E-state index contributed by atoms with van der Waals surface area (Å²) in [6.07, 6.45) is 1.86. The van der Waals surface area contributed by atoms with Crippen LogP contribution in [0.15, 0.2) is 29.5 Å². The molecule has 0 aliphatic heterocycles. The van der Waals surface area contributed by atoms with Gasteiger partial charge in [-0.1, -0.05) is 12.7 Å². The van der Waals surface area contributed by atoms with Crippen LogP contribution < -0.4 is 5.32 Å². The number of hydrogen-bond donors (Lipinski definition) is 2. The predicted molar refractivity (Wildman–Crippen MR) is 64.1 cm³/mol. The Bertz CT molecular complexity index is 462. The number of carbonyl (C=O) groups excluding carboxylic acids is 1. The summed E-state index contributed by atoms with van der Waals surface area (Å²) in [5.41, 5.74) is -0.0165. The van der Waals surface area contributed by atoms with Crippen LogP contribution in [0.2, 0.25) is 0 Å².